The van der Waals surface area contributed by atoms with Crippen molar-refractivity contribution in [2.75, 3.05) is 20.2 Å². The van der Waals surface area contributed by atoms with E-state index in [1.807, 2.05) is 13.0 Å². The molecule has 0 bridgehead atoms. The van der Waals surface area contributed by atoms with E-state index in [0.717, 1.165) is 42.6 Å². The van der Waals surface area contributed by atoms with Crippen LogP contribution in [-0.4, -0.2) is 35.9 Å². The Kier molecular flexibility index (Phi) is 7.70. The predicted octanol–water partition coefficient (Wildman–Crippen LogP) is 3.21. The number of guanidine groups is 1. The van der Waals surface area contributed by atoms with Crippen molar-refractivity contribution in [3.63, 3.8) is 0 Å². The highest BCUT2D eigenvalue weighted by Crippen LogP contribution is 2.20. The molecule has 0 aliphatic rings. The number of benzene rings is 1. The minimum atomic E-state index is 0.431. The first-order chi connectivity index (χ1) is 12.9. The number of ether oxygens (including phenoxy) is 1. The van der Waals surface area contributed by atoms with Crippen molar-refractivity contribution in [3.05, 3.63) is 46.8 Å². The number of aryl methyl sites for hydroxylation is 3. The topological polar surface area (TPSA) is 63.5 Å². The molecule has 0 amide bonds. The van der Waals surface area contributed by atoms with Gasteiger partial charge in [-0.15, -0.1) is 0 Å². The van der Waals surface area contributed by atoms with E-state index in [-0.39, 0.29) is 0 Å². The standard InChI is InChI=1S/C21H33N5O/c1-7-22-21(24-13-19-9-8-15(2)10-20(19)27-6)23-12-16(3)14-26-18(5)11-17(4)25-26/h8-11,16H,7,12-14H2,1-6H3,(H2,22,23,24). The van der Waals surface area contributed by atoms with E-state index in [2.05, 4.69) is 66.3 Å². The number of nitrogens with zero attached hydrogens (tertiary/aromatic N) is 3. The summed E-state index contributed by atoms with van der Waals surface area (Å²) in [5.74, 6) is 2.13. The van der Waals surface area contributed by atoms with Gasteiger partial charge >= 0.3 is 0 Å². The average molecular weight is 372 g/mol. The van der Waals surface area contributed by atoms with E-state index in [4.69, 9.17) is 9.73 Å². The quantitative estimate of drug-likeness (QED) is 0.552. The van der Waals surface area contributed by atoms with Crippen molar-refractivity contribution in [1.29, 1.82) is 0 Å². The summed E-state index contributed by atoms with van der Waals surface area (Å²) in [5, 5.41) is 11.3. The molecule has 2 aromatic rings. The molecule has 1 unspecified atom stereocenters. The Morgan fingerprint density at radius 2 is 2.00 bits per heavy atom. The van der Waals surface area contributed by atoms with Crippen LogP contribution in [0.2, 0.25) is 0 Å². The maximum absolute atomic E-state index is 5.48. The Balaban J connectivity index is 1.96. The van der Waals surface area contributed by atoms with Crippen LogP contribution >= 0.6 is 0 Å². The van der Waals surface area contributed by atoms with Gasteiger partial charge in [0.05, 0.1) is 19.3 Å². The summed E-state index contributed by atoms with van der Waals surface area (Å²) in [7, 11) is 1.70. The van der Waals surface area contributed by atoms with Crippen LogP contribution in [0.4, 0.5) is 0 Å². The lowest BCUT2D eigenvalue weighted by atomic mass is 10.1. The molecule has 0 fully saturated rings. The monoisotopic (exact) mass is 371 g/mol. The molecule has 1 atom stereocenters. The first-order valence-corrected chi connectivity index (χ1v) is 9.59. The lowest BCUT2D eigenvalue weighted by molar-refractivity contribution is 0.409. The van der Waals surface area contributed by atoms with E-state index in [1.165, 1.54) is 11.3 Å². The minimum Gasteiger partial charge on any atom is -0.496 e. The van der Waals surface area contributed by atoms with Crippen LogP contribution in [0.15, 0.2) is 29.3 Å². The molecule has 0 saturated carbocycles. The molecule has 0 spiro atoms. The molecule has 148 valence electrons. The first kappa shape index (κ1) is 20.8. The molecule has 1 aromatic carbocycles. The van der Waals surface area contributed by atoms with Crippen LogP contribution in [0, 0.1) is 26.7 Å². The van der Waals surface area contributed by atoms with Gasteiger partial charge in [-0.1, -0.05) is 19.1 Å². The molecular weight excluding hydrogens is 338 g/mol. The van der Waals surface area contributed by atoms with Gasteiger partial charge in [0.2, 0.25) is 0 Å². The summed E-state index contributed by atoms with van der Waals surface area (Å²) in [6.45, 7) is 13.6. The molecule has 0 aliphatic carbocycles. The average Bonchev–Trinajstić information content (AvgIpc) is 2.95. The SMILES string of the molecule is CCNC(=NCc1ccc(C)cc1OC)NCC(C)Cn1nc(C)cc1C. The largest absolute Gasteiger partial charge is 0.496 e. The van der Waals surface area contributed by atoms with Crippen molar-refractivity contribution in [2.45, 2.75) is 47.7 Å². The highest BCUT2D eigenvalue weighted by Gasteiger charge is 2.09. The van der Waals surface area contributed by atoms with Crippen molar-refractivity contribution in [3.8, 4) is 5.75 Å². The highest BCUT2D eigenvalue weighted by molar-refractivity contribution is 5.79. The van der Waals surface area contributed by atoms with Gasteiger partial charge in [0.15, 0.2) is 5.96 Å². The second kappa shape index (κ2) is 10.00. The zero-order valence-electron chi connectivity index (χ0n) is 17.5. The maximum Gasteiger partial charge on any atom is 0.191 e. The van der Waals surface area contributed by atoms with Gasteiger partial charge in [-0.3, -0.25) is 4.68 Å². The number of hydrogen-bond acceptors (Lipinski definition) is 3. The summed E-state index contributed by atoms with van der Waals surface area (Å²) in [6, 6.07) is 8.32. The normalized spacial score (nSPS) is 12.7. The molecular formula is C21H33N5O. The molecule has 0 radical (unpaired) electrons. The Bertz CT molecular complexity index is 766. The number of hydrogen-bond donors (Lipinski definition) is 2. The number of aromatic nitrogens is 2. The van der Waals surface area contributed by atoms with Crippen molar-refractivity contribution < 1.29 is 4.74 Å². The van der Waals surface area contributed by atoms with Crippen molar-refractivity contribution >= 4 is 5.96 Å². The van der Waals surface area contributed by atoms with Gasteiger partial charge in [0.25, 0.3) is 0 Å². The Labute approximate surface area is 163 Å². The van der Waals surface area contributed by atoms with Gasteiger partial charge in [0, 0.05) is 30.9 Å². The summed E-state index contributed by atoms with van der Waals surface area (Å²) >= 11 is 0. The van der Waals surface area contributed by atoms with Crippen LogP contribution in [0.3, 0.4) is 0 Å². The molecule has 0 saturated heterocycles. The second-order valence-corrected chi connectivity index (χ2v) is 7.11. The summed E-state index contributed by atoms with van der Waals surface area (Å²) in [6.07, 6.45) is 0. The summed E-state index contributed by atoms with van der Waals surface area (Å²) in [5.41, 5.74) is 4.53. The van der Waals surface area contributed by atoms with Crippen molar-refractivity contribution in [1.82, 2.24) is 20.4 Å². The predicted molar refractivity (Wildman–Crippen MR) is 111 cm³/mol. The molecule has 2 rings (SSSR count). The third-order valence-corrected chi connectivity index (χ3v) is 4.40. The fourth-order valence-electron chi connectivity index (χ4n) is 2.98. The maximum atomic E-state index is 5.48. The van der Waals surface area contributed by atoms with Crippen LogP contribution in [0.25, 0.3) is 0 Å². The van der Waals surface area contributed by atoms with Crippen LogP contribution in [-0.2, 0) is 13.1 Å². The van der Waals surface area contributed by atoms with Crippen molar-refractivity contribution in [2.24, 2.45) is 10.9 Å². The van der Waals surface area contributed by atoms with E-state index >= 15 is 0 Å². The fourth-order valence-corrected chi connectivity index (χ4v) is 2.98. The zero-order valence-corrected chi connectivity index (χ0v) is 17.5. The van der Waals surface area contributed by atoms with E-state index in [9.17, 15) is 0 Å². The zero-order chi connectivity index (χ0) is 19.8. The smallest absolute Gasteiger partial charge is 0.191 e. The third-order valence-electron chi connectivity index (χ3n) is 4.40. The number of methoxy groups -OCH3 is 1. The number of rotatable bonds is 8. The number of aliphatic imine (C=N–C) groups is 1. The fraction of sp³-hybridized carbons (Fsp3) is 0.524. The molecule has 0 aliphatic heterocycles. The van der Waals surface area contributed by atoms with Gasteiger partial charge in [-0.05, 0) is 51.3 Å². The first-order valence-electron chi connectivity index (χ1n) is 9.59. The van der Waals surface area contributed by atoms with Crippen LogP contribution in [0.1, 0.15) is 36.4 Å². The molecule has 27 heavy (non-hydrogen) atoms. The van der Waals surface area contributed by atoms with E-state index in [0.29, 0.717) is 12.5 Å². The second-order valence-electron chi connectivity index (χ2n) is 7.11. The lowest BCUT2D eigenvalue weighted by Gasteiger charge is -2.17. The number of nitrogens with one attached hydrogen (secondary N) is 2. The molecule has 6 heteroatoms. The molecule has 2 N–H and O–H groups in total. The van der Waals surface area contributed by atoms with Gasteiger partial charge < -0.3 is 15.4 Å². The van der Waals surface area contributed by atoms with Gasteiger partial charge in [0.1, 0.15) is 5.75 Å². The lowest BCUT2D eigenvalue weighted by Crippen LogP contribution is -2.40. The van der Waals surface area contributed by atoms with E-state index < -0.39 is 0 Å². The third kappa shape index (κ3) is 6.31. The summed E-state index contributed by atoms with van der Waals surface area (Å²) < 4.78 is 7.55. The molecule has 1 aromatic heterocycles. The molecule has 6 nitrogen and oxygen atoms in total. The minimum absolute atomic E-state index is 0.431. The summed E-state index contributed by atoms with van der Waals surface area (Å²) in [4.78, 5) is 4.71. The highest BCUT2D eigenvalue weighted by atomic mass is 16.5. The van der Waals surface area contributed by atoms with Gasteiger partial charge in [-0.2, -0.15) is 5.10 Å². The van der Waals surface area contributed by atoms with Crippen LogP contribution < -0.4 is 15.4 Å². The Morgan fingerprint density at radius 1 is 1.22 bits per heavy atom. The van der Waals surface area contributed by atoms with E-state index in [1.54, 1.807) is 7.11 Å². The van der Waals surface area contributed by atoms with Gasteiger partial charge in [-0.25, -0.2) is 4.99 Å². The van der Waals surface area contributed by atoms with Crippen LogP contribution in [0.5, 0.6) is 5.75 Å². The molecule has 1 heterocycles. The Morgan fingerprint density at radius 3 is 2.63 bits per heavy atom. The Hall–Kier alpha value is -2.50.